The number of methoxy groups -OCH3 is 1. The summed E-state index contributed by atoms with van der Waals surface area (Å²) in [5.74, 6) is -4.65. The molecule has 0 radical (unpaired) electrons. The molecule has 5 nitrogen and oxygen atoms in total. The SMILES string of the molecule is COc1cc(N)ccc1S(=O)(=O)NCC(F)(F)C(F)F. The highest BCUT2D eigenvalue weighted by Crippen LogP contribution is 2.27. The van der Waals surface area contributed by atoms with E-state index in [-0.39, 0.29) is 11.4 Å². The topological polar surface area (TPSA) is 81.4 Å². The Bertz CT molecular complexity index is 578. The van der Waals surface area contributed by atoms with Crippen LogP contribution < -0.4 is 15.2 Å². The third-order valence-corrected chi connectivity index (χ3v) is 3.74. The zero-order valence-electron chi connectivity index (χ0n) is 10.2. The van der Waals surface area contributed by atoms with E-state index in [0.717, 1.165) is 13.2 Å². The van der Waals surface area contributed by atoms with E-state index in [1.807, 2.05) is 0 Å². The van der Waals surface area contributed by atoms with E-state index in [4.69, 9.17) is 10.5 Å². The van der Waals surface area contributed by atoms with Crippen molar-refractivity contribution < 1.29 is 30.7 Å². The van der Waals surface area contributed by atoms with E-state index < -0.39 is 33.8 Å². The fourth-order valence-corrected chi connectivity index (χ4v) is 2.44. The third kappa shape index (κ3) is 3.73. The number of anilines is 1. The van der Waals surface area contributed by atoms with Crippen LogP contribution in [0.4, 0.5) is 23.2 Å². The van der Waals surface area contributed by atoms with Crippen LogP contribution in [0.15, 0.2) is 23.1 Å². The van der Waals surface area contributed by atoms with Crippen molar-refractivity contribution in [1.29, 1.82) is 0 Å². The van der Waals surface area contributed by atoms with Crippen molar-refractivity contribution in [3.05, 3.63) is 18.2 Å². The van der Waals surface area contributed by atoms with Crippen LogP contribution in [0.25, 0.3) is 0 Å². The summed E-state index contributed by atoms with van der Waals surface area (Å²) in [5.41, 5.74) is 5.61. The second kappa shape index (κ2) is 5.83. The fourth-order valence-electron chi connectivity index (χ4n) is 1.25. The maximum atomic E-state index is 12.7. The van der Waals surface area contributed by atoms with Crippen LogP contribution in [-0.4, -0.2) is 34.4 Å². The summed E-state index contributed by atoms with van der Waals surface area (Å²) in [5, 5.41) is 0. The van der Waals surface area contributed by atoms with Crippen molar-refractivity contribution in [2.45, 2.75) is 17.2 Å². The number of halogens is 4. The Morgan fingerprint density at radius 1 is 1.40 bits per heavy atom. The highest BCUT2D eigenvalue weighted by Gasteiger charge is 2.41. The molecule has 0 fully saturated rings. The van der Waals surface area contributed by atoms with Crippen LogP contribution in [0.1, 0.15) is 0 Å². The van der Waals surface area contributed by atoms with Crippen molar-refractivity contribution in [2.24, 2.45) is 0 Å². The molecule has 0 aliphatic heterocycles. The summed E-state index contributed by atoms with van der Waals surface area (Å²) in [7, 11) is -3.28. The molecular weight excluding hydrogens is 304 g/mol. The fraction of sp³-hybridized carbons (Fsp3) is 0.400. The predicted octanol–water partition coefficient (Wildman–Crippen LogP) is 1.46. The molecule has 0 aliphatic carbocycles. The lowest BCUT2D eigenvalue weighted by atomic mass is 10.3. The molecule has 0 amide bonds. The Balaban J connectivity index is 3.01. The molecule has 3 N–H and O–H groups in total. The van der Waals surface area contributed by atoms with Gasteiger partial charge in [-0.15, -0.1) is 0 Å². The zero-order valence-corrected chi connectivity index (χ0v) is 11.1. The van der Waals surface area contributed by atoms with Crippen LogP contribution in [0.2, 0.25) is 0 Å². The molecule has 0 bridgehead atoms. The van der Waals surface area contributed by atoms with Gasteiger partial charge in [0.1, 0.15) is 10.6 Å². The van der Waals surface area contributed by atoms with Crippen molar-refractivity contribution in [3.63, 3.8) is 0 Å². The van der Waals surface area contributed by atoms with Gasteiger partial charge in [-0.25, -0.2) is 21.9 Å². The highest BCUT2D eigenvalue weighted by atomic mass is 32.2. The lowest BCUT2D eigenvalue weighted by Gasteiger charge is -2.17. The number of sulfonamides is 1. The van der Waals surface area contributed by atoms with E-state index in [2.05, 4.69) is 0 Å². The van der Waals surface area contributed by atoms with Crippen LogP contribution >= 0.6 is 0 Å². The first-order valence-electron chi connectivity index (χ1n) is 5.19. The van der Waals surface area contributed by atoms with Crippen molar-refractivity contribution in [1.82, 2.24) is 4.72 Å². The van der Waals surface area contributed by atoms with Crippen molar-refractivity contribution in [2.75, 3.05) is 19.4 Å². The summed E-state index contributed by atoms with van der Waals surface area (Å²) in [6, 6.07) is 3.40. The number of nitrogen functional groups attached to an aromatic ring is 1. The van der Waals surface area contributed by atoms with Gasteiger partial charge in [-0.2, -0.15) is 8.78 Å². The van der Waals surface area contributed by atoms with Gasteiger partial charge in [0, 0.05) is 11.8 Å². The number of hydrogen-bond acceptors (Lipinski definition) is 4. The first kappa shape index (κ1) is 16.5. The number of alkyl halides is 4. The second-order valence-electron chi connectivity index (χ2n) is 3.80. The lowest BCUT2D eigenvalue weighted by Crippen LogP contribution is -2.41. The molecule has 0 unspecified atom stereocenters. The Labute approximate surface area is 112 Å². The minimum Gasteiger partial charge on any atom is -0.495 e. The lowest BCUT2D eigenvalue weighted by molar-refractivity contribution is -0.122. The number of benzene rings is 1. The number of nitrogens with two attached hydrogens (primary N) is 1. The maximum absolute atomic E-state index is 12.7. The summed E-state index contributed by atoms with van der Waals surface area (Å²) in [6.07, 6.45) is -3.97. The average Bonchev–Trinajstić information content (AvgIpc) is 2.36. The second-order valence-corrected chi connectivity index (χ2v) is 5.53. The minimum absolute atomic E-state index is 0.183. The van der Waals surface area contributed by atoms with Gasteiger partial charge in [0.05, 0.1) is 13.7 Å². The molecule has 0 atom stereocenters. The summed E-state index contributed by atoms with van der Waals surface area (Å²) in [6.45, 7) is -1.72. The van der Waals surface area contributed by atoms with Crippen molar-refractivity contribution in [3.8, 4) is 5.75 Å². The predicted molar refractivity (Wildman–Crippen MR) is 63.5 cm³/mol. The molecule has 0 saturated carbocycles. The molecular formula is C10H12F4N2O3S. The molecule has 0 aliphatic rings. The molecule has 0 heterocycles. The first-order valence-corrected chi connectivity index (χ1v) is 6.67. The highest BCUT2D eigenvalue weighted by molar-refractivity contribution is 7.89. The first-order chi connectivity index (χ1) is 9.10. The number of nitrogens with one attached hydrogen (secondary N) is 1. The smallest absolute Gasteiger partial charge is 0.320 e. The summed E-state index contributed by atoms with van der Waals surface area (Å²) < 4.78 is 79.1. The van der Waals surface area contributed by atoms with Crippen LogP contribution in [0.5, 0.6) is 5.75 Å². The quantitative estimate of drug-likeness (QED) is 0.615. The van der Waals surface area contributed by atoms with E-state index in [1.54, 1.807) is 0 Å². The number of ether oxygens (including phenoxy) is 1. The van der Waals surface area contributed by atoms with Gasteiger partial charge < -0.3 is 10.5 Å². The molecule has 0 spiro atoms. The standard InChI is InChI=1S/C10H12F4N2O3S/c1-19-7-4-6(15)2-3-8(7)20(17,18)16-5-10(13,14)9(11)12/h2-4,9,16H,5,15H2,1H3. The van der Waals surface area contributed by atoms with E-state index in [0.29, 0.717) is 0 Å². The van der Waals surface area contributed by atoms with Gasteiger partial charge in [0.15, 0.2) is 0 Å². The van der Waals surface area contributed by atoms with Crippen LogP contribution in [0.3, 0.4) is 0 Å². The van der Waals surface area contributed by atoms with Crippen LogP contribution in [-0.2, 0) is 10.0 Å². The molecule has 0 saturated heterocycles. The average molecular weight is 316 g/mol. The number of rotatable bonds is 6. The van der Waals surface area contributed by atoms with Gasteiger partial charge in [-0.3, -0.25) is 0 Å². The Hall–Kier alpha value is -1.55. The molecule has 1 aromatic rings. The van der Waals surface area contributed by atoms with Gasteiger partial charge in [-0.1, -0.05) is 0 Å². The molecule has 1 aromatic carbocycles. The third-order valence-electron chi connectivity index (χ3n) is 2.29. The summed E-state index contributed by atoms with van der Waals surface area (Å²) in [4.78, 5) is -0.473. The molecule has 114 valence electrons. The van der Waals surface area contributed by atoms with Gasteiger partial charge >= 0.3 is 12.3 Å². The maximum Gasteiger partial charge on any atom is 0.320 e. The molecule has 1 rings (SSSR count). The van der Waals surface area contributed by atoms with E-state index in [9.17, 15) is 26.0 Å². The van der Waals surface area contributed by atoms with E-state index in [1.165, 1.54) is 16.9 Å². The van der Waals surface area contributed by atoms with Gasteiger partial charge in [-0.05, 0) is 12.1 Å². The van der Waals surface area contributed by atoms with Gasteiger partial charge in [0.2, 0.25) is 10.0 Å². The Morgan fingerprint density at radius 3 is 2.50 bits per heavy atom. The monoisotopic (exact) mass is 316 g/mol. The van der Waals surface area contributed by atoms with Crippen molar-refractivity contribution >= 4 is 15.7 Å². The molecule has 0 aromatic heterocycles. The Morgan fingerprint density at radius 2 is 2.00 bits per heavy atom. The minimum atomic E-state index is -4.46. The Kier molecular flexibility index (Phi) is 4.81. The van der Waals surface area contributed by atoms with Crippen LogP contribution in [0, 0.1) is 0 Å². The zero-order chi connectivity index (χ0) is 15.6. The number of hydrogen-bond donors (Lipinski definition) is 2. The molecule has 10 heteroatoms. The van der Waals surface area contributed by atoms with Gasteiger partial charge in [0.25, 0.3) is 0 Å². The molecule has 20 heavy (non-hydrogen) atoms. The normalized spacial score (nSPS) is 12.7. The largest absolute Gasteiger partial charge is 0.495 e. The summed E-state index contributed by atoms with van der Waals surface area (Å²) >= 11 is 0. The van der Waals surface area contributed by atoms with E-state index >= 15 is 0 Å².